The van der Waals surface area contributed by atoms with Crippen molar-refractivity contribution in [2.24, 2.45) is 0 Å². The van der Waals surface area contributed by atoms with Crippen molar-refractivity contribution in [1.29, 1.82) is 0 Å². The standard InChI is InChI=1S/C13H16ClNO3/c1-8-2-4-10(18-8)7-17-13(16)11-5-3-9(15)6-12(11)14/h3,5-6,8,10H,2,4,7,15H2,1H3. The van der Waals surface area contributed by atoms with Crippen molar-refractivity contribution in [3.05, 3.63) is 28.8 Å². The molecule has 98 valence electrons. The summed E-state index contributed by atoms with van der Waals surface area (Å²) in [4.78, 5) is 11.8. The van der Waals surface area contributed by atoms with Crippen molar-refractivity contribution in [2.45, 2.75) is 32.0 Å². The zero-order valence-electron chi connectivity index (χ0n) is 10.2. The summed E-state index contributed by atoms with van der Waals surface area (Å²) in [5.74, 6) is -0.442. The van der Waals surface area contributed by atoms with E-state index in [0.717, 1.165) is 12.8 Å². The van der Waals surface area contributed by atoms with Crippen molar-refractivity contribution in [3.8, 4) is 0 Å². The van der Waals surface area contributed by atoms with Crippen LogP contribution in [0.5, 0.6) is 0 Å². The molecule has 1 aliphatic heterocycles. The molecule has 0 amide bonds. The molecule has 0 aliphatic carbocycles. The van der Waals surface area contributed by atoms with Crippen LogP contribution in [0.3, 0.4) is 0 Å². The van der Waals surface area contributed by atoms with Gasteiger partial charge in [-0.05, 0) is 38.0 Å². The summed E-state index contributed by atoms with van der Waals surface area (Å²) in [6, 6.07) is 4.72. The lowest BCUT2D eigenvalue weighted by Crippen LogP contribution is -2.19. The van der Waals surface area contributed by atoms with Crippen LogP contribution in [-0.4, -0.2) is 24.8 Å². The molecule has 1 heterocycles. The Kier molecular flexibility index (Phi) is 4.09. The van der Waals surface area contributed by atoms with Gasteiger partial charge in [-0.3, -0.25) is 0 Å². The Hall–Kier alpha value is -1.26. The van der Waals surface area contributed by atoms with E-state index in [4.69, 9.17) is 26.8 Å². The molecule has 1 fully saturated rings. The maximum atomic E-state index is 11.8. The smallest absolute Gasteiger partial charge is 0.339 e. The summed E-state index contributed by atoms with van der Waals surface area (Å²) >= 11 is 5.93. The molecule has 1 aromatic rings. The predicted octanol–water partition coefficient (Wildman–Crippen LogP) is 2.65. The number of nitrogen functional groups attached to an aromatic ring is 1. The third-order valence-electron chi connectivity index (χ3n) is 2.93. The molecule has 0 aromatic heterocycles. The molecule has 2 rings (SSSR count). The monoisotopic (exact) mass is 269 g/mol. The topological polar surface area (TPSA) is 61.5 Å². The van der Waals surface area contributed by atoms with Gasteiger partial charge < -0.3 is 15.2 Å². The number of hydrogen-bond acceptors (Lipinski definition) is 4. The molecule has 1 aromatic carbocycles. The minimum absolute atomic E-state index is 0.00323. The fourth-order valence-electron chi connectivity index (χ4n) is 1.95. The second-order valence-electron chi connectivity index (χ2n) is 4.48. The number of anilines is 1. The molecule has 0 bridgehead atoms. The number of benzene rings is 1. The summed E-state index contributed by atoms with van der Waals surface area (Å²) in [5, 5.41) is 0.306. The van der Waals surface area contributed by atoms with E-state index in [1.165, 1.54) is 6.07 Å². The molecule has 1 aliphatic rings. The number of esters is 1. The molecule has 2 unspecified atom stereocenters. The van der Waals surface area contributed by atoms with Gasteiger partial charge in [0.15, 0.2) is 0 Å². The molecular weight excluding hydrogens is 254 g/mol. The van der Waals surface area contributed by atoms with Gasteiger partial charge in [0.1, 0.15) is 6.61 Å². The second kappa shape index (κ2) is 5.59. The van der Waals surface area contributed by atoms with Crippen LogP contribution in [0.2, 0.25) is 5.02 Å². The highest BCUT2D eigenvalue weighted by Gasteiger charge is 2.23. The number of carbonyl (C=O) groups is 1. The van der Waals surface area contributed by atoms with Crippen molar-refractivity contribution >= 4 is 23.3 Å². The van der Waals surface area contributed by atoms with Crippen molar-refractivity contribution in [3.63, 3.8) is 0 Å². The van der Waals surface area contributed by atoms with Gasteiger partial charge in [-0.25, -0.2) is 4.79 Å². The predicted molar refractivity (Wildman–Crippen MR) is 69.7 cm³/mol. The largest absolute Gasteiger partial charge is 0.459 e. The van der Waals surface area contributed by atoms with Gasteiger partial charge >= 0.3 is 5.97 Å². The molecular formula is C13H16ClNO3. The van der Waals surface area contributed by atoms with Crippen LogP contribution < -0.4 is 5.73 Å². The normalized spacial score (nSPS) is 23.0. The first kappa shape index (κ1) is 13.2. The van der Waals surface area contributed by atoms with Crippen LogP contribution in [0.25, 0.3) is 0 Å². The van der Waals surface area contributed by atoms with Crippen LogP contribution in [0.1, 0.15) is 30.1 Å². The molecule has 0 radical (unpaired) electrons. The van der Waals surface area contributed by atoms with Gasteiger partial charge in [-0.15, -0.1) is 0 Å². The van der Waals surface area contributed by atoms with E-state index in [0.29, 0.717) is 16.3 Å². The highest BCUT2D eigenvalue weighted by Crippen LogP contribution is 2.22. The first-order valence-electron chi connectivity index (χ1n) is 5.94. The number of halogens is 1. The second-order valence-corrected chi connectivity index (χ2v) is 4.89. The SMILES string of the molecule is CC1CCC(COC(=O)c2ccc(N)cc2Cl)O1. The molecule has 2 atom stereocenters. The van der Waals surface area contributed by atoms with E-state index in [9.17, 15) is 4.79 Å². The Bertz CT molecular complexity index is 450. The molecule has 2 N–H and O–H groups in total. The van der Waals surface area contributed by atoms with Gasteiger partial charge in [0, 0.05) is 5.69 Å². The first-order chi connectivity index (χ1) is 8.56. The summed E-state index contributed by atoms with van der Waals surface area (Å²) in [5.41, 5.74) is 6.41. The Morgan fingerprint density at radius 1 is 1.56 bits per heavy atom. The van der Waals surface area contributed by atoms with Crippen molar-refractivity contribution in [2.75, 3.05) is 12.3 Å². The molecule has 5 heteroatoms. The van der Waals surface area contributed by atoms with E-state index >= 15 is 0 Å². The van der Waals surface area contributed by atoms with Gasteiger partial charge in [0.2, 0.25) is 0 Å². The average molecular weight is 270 g/mol. The summed E-state index contributed by atoms with van der Waals surface area (Å²) in [6.45, 7) is 2.28. The van der Waals surface area contributed by atoms with E-state index in [2.05, 4.69) is 0 Å². The molecule has 1 saturated heterocycles. The lowest BCUT2D eigenvalue weighted by atomic mass is 10.2. The highest BCUT2D eigenvalue weighted by molar-refractivity contribution is 6.33. The third-order valence-corrected chi connectivity index (χ3v) is 3.25. The molecule has 0 spiro atoms. The zero-order valence-corrected chi connectivity index (χ0v) is 10.9. The fourth-order valence-corrected chi connectivity index (χ4v) is 2.22. The number of nitrogens with two attached hydrogens (primary N) is 1. The fraction of sp³-hybridized carbons (Fsp3) is 0.462. The maximum absolute atomic E-state index is 11.8. The summed E-state index contributed by atoms with van der Waals surface area (Å²) in [7, 11) is 0. The Labute approximate surface area is 111 Å². The zero-order chi connectivity index (χ0) is 13.1. The van der Waals surface area contributed by atoms with Crippen LogP contribution in [0.15, 0.2) is 18.2 Å². The van der Waals surface area contributed by atoms with E-state index in [-0.39, 0.29) is 18.8 Å². The van der Waals surface area contributed by atoms with Gasteiger partial charge in [0.05, 0.1) is 22.8 Å². The Morgan fingerprint density at radius 2 is 2.33 bits per heavy atom. The van der Waals surface area contributed by atoms with Gasteiger partial charge in [-0.2, -0.15) is 0 Å². The Balaban J connectivity index is 1.91. The highest BCUT2D eigenvalue weighted by atomic mass is 35.5. The number of rotatable bonds is 3. The number of hydrogen-bond donors (Lipinski definition) is 1. The van der Waals surface area contributed by atoms with Crippen LogP contribution >= 0.6 is 11.6 Å². The van der Waals surface area contributed by atoms with Crippen LogP contribution in [0, 0.1) is 0 Å². The average Bonchev–Trinajstić information content (AvgIpc) is 2.72. The number of ether oxygens (including phenoxy) is 2. The minimum Gasteiger partial charge on any atom is -0.459 e. The molecule has 18 heavy (non-hydrogen) atoms. The maximum Gasteiger partial charge on any atom is 0.339 e. The van der Waals surface area contributed by atoms with E-state index in [1.807, 2.05) is 6.92 Å². The van der Waals surface area contributed by atoms with E-state index < -0.39 is 5.97 Å². The summed E-state index contributed by atoms with van der Waals surface area (Å²) in [6.07, 6.45) is 2.17. The van der Waals surface area contributed by atoms with Gasteiger partial charge in [-0.1, -0.05) is 11.6 Å². The number of carbonyl (C=O) groups excluding carboxylic acids is 1. The van der Waals surface area contributed by atoms with Crippen molar-refractivity contribution < 1.29 is 14.3 Å². The third kappa shape index (κ3) is 3.15. The Morgan fingerprint density at radius 3 is 2.94 bits per heavy atom. The minimum atomic E-state index is -0.442. The van der Waals surface area contributed by atoms with Crippen LogP contribution in [-0.2, 0) is 9.47 Å². The quantitative estimate of drug-likeness (QED) is 0.677. The van der Waals surface area contributed by atoms with E-state index in [1.54, 1.807) is 12.1 Å². The molecule has 0 saturated carbocycles. The van der Waals surface area contributed by atoms with Crippen LogP contribution in [0.4, 0.5) is 5.69 Å². The van der Waals surface area contributed by atoms with Crippen molar-refractivity contribution in [1.82, 2.24) is 0 Å². The molecule has 4 nitrogen and oxygen atoms in total. The first-order valence-corrected chi connectivity index (χ1v) is 6.31. The lowest BCUT2D eigenvalue weighted by Gasteiger charge is -2.12. The lowest BCUT2D eigenvalue weighted by molar-refractivity contribution is -0.00264. The summed E-state index contributed by atoms with van der Waals surface area (Å²) < 4.78 is 10.8. The van der Waals surface area contributed by atoms with Gasteiger partial charge in [0.25, 0.3) is 0 Å².